The number of thioether (sulfide) groups is 1. The minimum absolute atomic E-state index is 0.0418. The fourth-order valence-corrected chi connectivity index (χ4v) is 4.88. The molecule has 2 aromatic carbocycles. The van der Waals surface area contributed by atoms with Gasteiger partial charge in [0.05, 0.1) is 19.1 Å². The molecule has 0 unspecified atom stereocenters. The number of rotatable bonds is 8. The summed E-state index contributed by atoms with van der Waals surface area (Å²) in [5.41, 5.74) is 4.17. The second kappa shape index (κ2) is 11.4. The summed E-state index contributed by atoms with van der Waals surface area (Å²) in [6.45, 7) is 0. The third-order valence-corrected chi connectivity index (χ3v) is 6.84. The van der Waals surface area contributed by atoms with Crippen LogP contribution in [0.4, 0.5) is 0 Å². The van der Waals surface area contributed by atoms with Crippen molar-refractivity contribution in [2.24, 2.45) is 5.10 Å². The van der Waals surface area contributed by atoms with Crippen LogP contribution < -0.4 is 10.2 Å². The Kier molecular flexibility index (Phi) is 8.08. The summed E-state index contributed by atoms with van der Waals surface area (Å²) in [7, 11) is 1.47. The van der Waals surface area contributed by atoms with Crippen LogP contribution in [0.5, 0.6) is 11.5 Å². The van der Waals surface area contributed by atoms with Crippen LogP contribution in [0.2, 0.25) is 5.02 Å². The van der Waals surface area contributed by atoms with Crippen molar-refractivity contribution in [3.05, 3.63) is 53.1 Å². The van der Waals surface area contributed by atoms with Crippen molar-refractivity contribution in [3.8, 4) is 22.9 Å². The number of halogens is 1. The third-order valence-electron chi connectivity index (χ3n) is 5.65. The summed E-state index contributed by atoms with van der Waals surface area (Å²) < 4.78 is 7.25. The van der Waals surface area contributed by atoms with E-state index in [-0.39, 0.29) is 17.4 Å². The van der Waals surface area contributed by atoms with E-state index in [1.807, 2.05) is 24.3 Å². The minimum atomic E-state index is -0.252. The number of phenols is 1. The average Bonchev–Trinajstić information content (AvgIpc) is 3.28. The molecular formula is C24H26ClN5O3S. The van der Waals surface area contributed by atoms with Gasteiger partial charge in [-0.1, -0.05) is 42.6 Å². The molecule has 0 bridgehead atoms. The highest BCUT2D eigenvalue weighted by atomic mass is 35.5. The molecule has 1 saturated carbocycles. The van der Waals surface area contributed by atoms with Crippen molar-refractivity contribution in [2.75, 3.05) is 12.9 Å². The molecule has 8 nitrogen and oxygen atoms in total. The summed E-state index contributed by atoms with van der Waals surface area (Å²) in [4.78, 5) is 12.4. The SMILES string of the molecule is COc1cc(/C=N/NC(=O)CSc2nnc(-c3ccc(Cl)cc3)n2C2CCCCC2)ccc1O. The Labute approximate surface area is 207 Å². The van der Waals surface area contributed by atoms with Crippen LogP contribution in [-0.4, -0.2) is 44.9 Å². The van der Waals surface area contributed by atoms with Crippen LogP contribution in [0.25, 0.3) is 11.4 Å². The molecule has 1 aliphatic carbocycles. The number of nitrogens with one attached hydrogen (secondary N) is 1. The molecule has 2 N–H and O–H groups in total. The van der Waals surface area contributed by atoms with E-state index in [4.69, 9.17) is 16.3 Å². The molecule has 1 aliphatic rings. The van der Waals surface area contributed by atoms with Crippen molar-refractivity contribution in [1.82, 2.24) is 20.2 Å². The van der Waals surface area contributed by atoms with Gasteiger partial charge in [0.1, 0.15) is 0 Å². The number of phenolic OH excluding ortho intramolecular Hbond substituents is 1. The van der Waals surface area contributed by atoms with E-state index in [9.17, 15) is 9.90 Å². The molecule has 1 heterocycles. The van der Waals surface area contributed by atoms with Gasteiger partial charge in [-0.15, -0.1) is 10.2 Å². The van der Waals surface area contributed by atoms with Gasteiger partial charge >= 0.3 is 0 Å². The number of nitrogens with zero attached hydrogens (tertiary/aromatic N) is 4. The van der Waals surface area contributed by atoms with E-state index >= 15 is 0 Å². The Morgan fingerprint density at radius 3 is 2.74 bits per heavy atom. The first kappa shape index (κ1) is 24.1. The minimum Gasteiger partial charge on any atom is -0.504 e. The van der Waals surface area contributed by atoms with Crippen molar-refractivity contribution in [2.45, 2.75) is 43.3 Å². The number of hydrogen-bond acceptors (Lipinski definition) is 7. The number of methoxy groups -OCH3 is 1. The van der Waals surface area contributed by atoms with Crippen molar-refractivity contribution in [3.63, 3.8) is 0 Å². The third kappa shape index (κ3) is 5.90. The monoisotopic (exact) mass is 499 g/mol. The number of hydrazone groups is 1. The highest BCUT2D eigenvalue weighted by Crippen LogP contribution is 2.35. The van der Waals surface area contributed by atoms with E-state index in [1.54, 1.807) is 12.1 Å². The first-order valence-electron chi connectivity index (χ1n) is 11.1. The fourth-order valence-electron chi connectivity index (χ4n) is 3.96. The summed E-state index contributed by atoms with van der Waals surface area (Å²) in [6.07, 6.45) is 7.21. The van der Waals surface area contributed by atoms with Gasteiger partial charge in [-0.25, -0.2) is 5.43 Å². The van der Waals surface area contributed by atoms with Gasteiger partial charge in [0.25, 0.3) is 5.91 Å². The number of hydrogen-bond donors (Lipinski definition) is 2. The van der Waals surface area contributed by atoms with Crippen molar-refractivity contribution >= 4 is 35.5 Å². The Balaban J connectivity index is 1.43. The Hall–Kier alpha value is -3.04. The normalized spacial score (nSPS) is 14.4. The predicted octanol–water partition coefficient (Wildman–Crippen LogP) is 5.06. The lowest BCUT2D eigenvalue weighted by Crippen LogP contribution is -2.20. The van der Waals surface area contributed by atoms with Crippen LogP contribution in [0.15, 0.2) is 52.7 Å². The second-order valence-electron chi connectivity index (χ2n) is 7.99. The largest absolute Gasteiger partial charge is 0.504 e. The maximum absolute atomic E-state index is 12.4. The summed E-state index contributed by atoms with van der Waals surface area (Å²) >= 11 is 7.41. The van der Waals surface area contributed by atoms with Crippen LogP contribution in [0.3, 0.4) is 0 Å². The molecule has 0 saturated heterocycles. The van der Waals surface area contributed by atoms with Crippen LogP contribution in [0, 0.1) is 0 Å². The molecule has 0 radical (unpaired) electrons. The zero-order valence-corrected chi connectivity index (χ0v) is 20.3. The molecule has 34 heavy (non-hydrogen) atoms. The van der Waals surface area contributed by atoms with Gasteiger partial charge < -0.3 is 9.84 Å². The fraction of sp³-hybridized carbons (Fsp3) is 0.333. The number of carbonyl (C=O) groups excluding carboxylic acids is 1. The highest BCUT2D eigenvalue weighted by Gasteiger charge is 2.24. The number of ether oxygens (including phenoxy) is 1. The number of carbonyl (C=O) groups is 1. The van der Waals surface area contributed by atoms with E-state index in [0.29, 0.717) is 22.4 Å². The van der Waals surface area contributed by atoms with Gasteiger partial charge in [0.2, 0.25) is 0 Å². The van der Waals surface area contributed by atoms with E-state index in [2.05, 4.69) is 25.3 Å². The molecule has 3 aromatic rings. The van der Waals surface area contributed by atoms with Gasteiger partial charge in [0.15, 0.2) is 22.5 Å². The molecule has 1 fully saturated rings. The molecule has 178 valence electrons. The number of aromatic hydroxyl groups is 1. The molecule has 0 spiro atoms. The topological polar surface area (TPSA) is 102 Å². The first-order chi connectivity index (χ1) is 16.5. The Morgan fingerprint density at radius 2 is 2.00 bits per heavy atom. The lowest BCUT2D eigenvalue weighted by molar-refractivity contribution is -0.118. The van der Waals surface area contributed by atoms with Crippen LogP contribution >= 0.6 is 23.4 Å². The number of amides is 1. The molecule has 0 atom stereocenters. The summed E-state index contributed by atoms with van der Waals surface area (Å²) in [5, 5.41) is 23.9. The average molecular weight is 500 g/mol. The van der Waals surface area contributed by atoms with Gasteiger partial charge in [-0.2, -0.15) is 5.10 Å². The molecule has 4 rings (SSSR count). The Morgan fingerprint density at radius 1 is 1.24 bits per heavy atom. The van der Waals surface area contributed by atoms with Gasteiger partial charge in [0, 0.05) is 16.6 Å². The number of aromatic nitrogens is 3. The lowest BCUT2D eigenvalue weighted by atomic mass is 9.95. The molecular weight excluding hydrogens is 474 g/mol. The zero-order valence-electron chi connectivity index (χ0n) is 18.8. The van der Waals surface area contributed by atoms with Gasteiger partial charge in [-0.3, -0.25) is 9.36 Å². The summed E-state index contributed by atoms with van der Waals surface area (Å²) in [5.74, 6) is 1.08. The molecule has 1 aromatic heterocycles. The second-order valence-corrected chi connectivity index (χ2v) is 9.37. The highest BCUT2D eigenvalue weighted by molar-refractivity contribution is 7.99. The molecule has 10 heteroatoms. The van der Waals surface area contributed by atoms with Gasteiger partial charge in [-0.05, 0) is 60.9 Å². The van der Waals surface area contributed by atoms with E-state index in [0.717, 1.165) is 29.4 Å². The van der Waals surface area contributed by atoms with E-state index in [1.165, 1.54) is 50.4 Å². The zero-order chi connectivity index (χ0) is 23.9. The van der Waals surface area contributed by atoms with Crippen molar-refractivity contribution in [1.29, 1.82) is 0 Å². The molecule has 1 amide bonds. The summed E-state index contributed by atoms with van der Waals surface area (Å²) in [6, 6.07) is 12.7. The smallest absolute Gasteiger partial charge is 0.250 e. The van der Waals surface area contributed by atoms with Crippen LogP contribution in [0.1, 0.15) is 43.7 Å². The maximum Gasteiger partial charge on any atom is 0.250 e. The molecule has 0 aliphatic heterocycles. The first-order valence-corrected chi connectivity index (χ1v) is 12.4. The van der Waals surface area contributed by atoms with Crippen molar-refractivity contribution < 1.29 is 14.6 Å². The lowest BCUT2D eigenvalue weighted by Gasteiger charge is -2.25. The Bertz CT molecular complexity index is 1160. The van der Waals surface area contributed by atoms with Crippen LogP contribution in [-0.2, 0) is 4.79 Å². The quantitative estimate of drug-likeness (QED) is 0.255. The maximum atomic E-state index is 12.4. The standard InChI is InChI=1S/C24H26ClN5O3S/c1-33-21-13-16(7-12-20(21)31)14-26-27-22(32)15-34-24-29-28-23(17-8-10-18(25)11-9-17)30(24)19-5-3-2-4-6-19/h7-14,19,31H,2-6,15H2,1H3,(H,27,32)/b26-14+. The number of benzene rings is 2. The van der Waals surface area contributed by atoms with E-state index < -0.39 is 0 Å². The predicted molar refractivity (Wildman–Crippen MR) is 134 cm³/mol.